The highest BCUT2D eigenvalue weighted by Crippen LogP contribution is 2.29. The van der Waals surface area contributed by atoms with Gasteiger partial charge in [-0.2, -0.15) is 0 Å². The average Bonchev–Trinajstić information content (AvgIpc) is 4.01. The predicted octanol–water partition coefficient (Wildman–Crippen LogP) is 13.0. The zero-order chi connectivity index (χ0) is 34.5. The molecule has 0 spiro atoms. The third-order valence-electron chi connectivity index (χ3n) is 10.3. The minimum atomic E-state index is 1.04. The Labute approximate surface area is 305 Å². The number of aryl methyl sites for hydroxylation is 2. The second-order valence-electron chi connectivity index (χ2n) is 13.8. The minimum Gasteiger partial charge on any atom is -0.0808 e. The first-order chi connectivity index (χ1) is 25.3. The van der Waals surface area contributed by atoms with Gasteiger partial charge in [-0.3, -0.25) is 0 Å². The average molecular weight is 661 g/mol. The Balaban J connectivity index is 0.000000105. The molecule has 4 aromatic rings. The summed E-state index contributed by atoms with van der Waals surface area (Å²) in [5.41, 5.74) is 17.7. The van der Waals surface area contributed by atoms with Gasteiger partial charge in [0.15, 0.2) is 0 Å². The van der Waals surface area contributed by atoms with Crippen molar-refractivity contribution < 1.29 is 0 Å². The quantitative estimate of drug-likeness (QED) is 0.155. The van der Waals surface area contributed by atoms with Crippen LogP contribution < -0.4 is 0 Å². The molecule has 0 radical (unpaired) electrons. The van der Waals surface area contributed by atoms with E-state index in [-0.39, 0.29) is 0 Å². The summed E-state index contributed by atoms with van der Waals surface area (Å²) in [5, 5.41) is 0. The summed E-state index contributed by atoms with van der Waals surface area (Å²) >= 11 is 0. The lowest BCUT2D eigenvalue weighted by atomic mass is 10.0. The van der Waals surface area contributed by atoms with Gasteiger partial charge < -0.3 is 0 Å². The Morgan fingerprint density at radius 1 is 0.314 bits per heavy atom. The molecule has 7 aliphatic carbocycles. The van der Waals surface area contributed by atoms with E-state index >= 15 is 0 Å². The molecule has 0 N–H and O–H groups in total. The Bertz CT molecular complexity index is 1920. The van der Waals surface area contributed by atoms with E-state index in [4.69, 9.17) is 0 Å². The number of benzene rings is 4. The molecule has 0 aromatic heterocycles. The Hall–Kier alpha value is -5.46. The van der Waals surface area contributed by atoms with Gasteiger partial charge in [-0.05, 0) is 113 Å². The van der Waals surface area contributed by atoms with Crippen molar-refractivity contribution in [3.05, 3.63) is 237 Å². The third-order valence-corrected chi connectivity index (χ3v) is 10.3. The molecule has 0 aliphatic heterocycles. The first-order valence-electron chi connectivity index (χ1n) is 18.7. The molecule has 11 rings (SSSR count). The van der Waals surface area contributed by atoms with Gasteiger partial charge in [0, 0.05) is 0 Å². The smallest absolute Gasteiger partial charge is 0.00139 e. The molecule has 252 valence electrons. The van der Waals surface area contributed by atoms with Gasteiger partial charge in [-0.15, -0.1) is 0 Å². The van der Waals surface area contributed by atoms with E-state index in [1.54, 1.807) is 11.1 Å². The molecule has 7 aliphatic rings. The lowest BCUT2D eigenvalue weighted by Gasteiger charge is -2.04. The molecule has 51 heavy (non-hydrogen) atoms. The van der Waals surface area contributed by atoms with Gasteiger partial charge >= 0.3 is 0 Å². The maximum absolute atomic E-state index is 2.27. The number of allylic oxidation sites excluding steroid dienone is 16. The van der Waals surface area contributed by atoms with Crippen molar-refractivity contribution in [3.8, 4) is 0 Å². The van der Waals surface area contributed by atoms with E-state index in [2.05, 4.69) is 182 Å². The molecule has 0 heteroatoms. The van der Waals surface area contributed by atoms with E-state index in [0.717, 1.165) is 19.3 Å². The van der Waals surface area contributed by atoms with Crippen molar-refractivity contribution in [1.82, 2.24) is 0 Å². The number of rotatable bonds is 0. The van der Waals surface area contributed by atoms with Gasteiger partial charge in [0.1, 0.15) is 0 Å². The summed E-state index contributed by atoms with van der Waals surface area (Å²) in [5.74, 6) is 0. The van der Waals surface area contributed by atoms with Crippen LogP contribution in [0, 0.1) is 0 Å². The van der Waals surface area contributed by atoms with Crippen molar-refractivity contribution in [3.63, 3.8) is 0 Å². The molecule has 0 nitrogen and oxygen atoms in total. The van der Waals surface area contributed by atoms with E-state index < -0.39 is 0 Å². The summed E-state index contributed by atoms with van der Waals surface area (Å²) in [4.78, 5) is 0. The molecule has 0 heterocycles. The highest BCUT2D eigenvalue weighted by molar-refractivity contribution is 5.75. The summed E-state index contributed by atoms with van der Waals surface area (Å²) < 4.78 is 0. The molecule has 0 saturated heterocycles. The van der Waals surface area contributed by atoms with E-state index in [1.807, 2.05) is 0 Å². The standard InChI is InChI=1S/C15H14.C15H12.2C8H8.C5H6/c2*1-3-7-14-11-15-8-4-2-6-13(15)10-9-12(14)5-1;2*1-3-7-5-2-6-8(7)4-1;1-2-4-5-3-1/h1-8H,9-11H2;1-10H,11H2;2*1-3,5H,4,6H2;1-4H,5H2. The van der Waals surface area contributed by atoms with Crippen LogP contribution in [0.1, 0.15) is 76.6 Å². The van der Waals surface area contributed by atoms with Crippen LogP contribution in [0.25, 0.3) is 12.2 Å². The van der Waals surface area contributed by atoms with Crippen LogP contribution >= 0.6 is 0 Å². The topological polar surface area (TPSA) is 0 Å². The van der Waals surface area contributed by atoms with Crippen LogP contribution in [0.2, 0.25) is 0 Å². The Kier molecular flexibility index (Phi) is 11.6. The summed E-state index contributed by atoms with van der Waals surface area (Å²) in [7, 11) is 0. The van der Waals surface area contributed by atoms with E-state index in [0.29, 0.717) is 0 Å². The first-order valence-corrected chi connectivity index (χ1v) is 18.7. The van der Waals surface area contributed by atoms with Crippen LogP contribution in [0.4, 0.5) is 0 Å². The van der Waals surface area contributed by atoms with Crippen molar-refractivity contribution in [2.75, 3.05) is 0 Å². The number of hydrogen-bond acceptors (Lipinski definition) is 0. The maximum Gasteiger partial charge on any atom is -0.00139 e. The zero-order valence-corrected chi connectivity index (χ0v) is 29.7. The van der Waals surface area contributed by atoms with Crippen molar-refractivity contribution in [2.24, 2.45) is 0 Å². The molecular formula is C51H48. The minimum absolute atomic E-state index is 1.04. The number of fused-ring (bicyclic) bond motifs is 4. The lowest BCUT2D eigenvalue weighted by Crippen LogP contribution is -1.90. The predicted molar refractivity (Wildman–Crippen MR) is 220 cm³/mol. The third kappa shape index (κ3) is 9.21. The molecular weight excluding hydrogens is 613 g/mol. The van der Waals surface area contributed by atoms with Crippen LogP contribution in [-0.2, 0) is 25.7 Å². The van der Waals surface area contributed by atoms with Gasteiger partial charge in [0.2, 0.25) is 0 Å². The molecule has 4 aromatic carbocycles. The van der Waals surface area contributed by atoms with Gasteiger partial charge in [0.25, 0.3) is 0 Å². The maximum atomic E-state index is 2.27. The fourth-order valence-electron chi connectivity index (χ4n) is 7.45. The van der Waals surface area contributed by atoms with Crippen molar-refractivity contribution >= 4 is 12.2 Å². The van der Waals surface area contributed by atoms with Crippen molar-refractivity contribution in [2.45, 2.75) is 57.8 Å². The van der Waals surface area contributed by atoms with Crippen LogP contribution in [-0.4, -0.2) is 0 Å². The van der Waals surface area contributed by atoms with Gasteiger partial charge in [0.05, 0.1) is 0 Å². The van der Waals surface area contributed by atoms with Crippen molar-refractivity contribution in [1.29, 1.82) is 0 Å². The summed E-state index contributed by atoms with van der Waals surface area (Å²) in [6.07, 6.45) is 41.0. The molecule has 0 saturated carbocycles. The fourth-order valence-corrected chi connectivity index (χ4v) is 7.45. The SMILES string of the molecule is C1=CC2=C(C1)CC=C2.C1=CC2=C(C1)CC=C2.C1=CCC=C1.C1=Cc2ccccc2Cc2ccccc21.c1ccc2c(c1)CCc1ccccc1C2. The molecule has 0 fully saturated rings. The normalized spacial score (nSPS) is 16.8. The van der Waals surface area contributed by atoms with Crippen LogP contribution in [0.3, 0.4) is 0 Å². The highest BCUT2D eigenvalue weighted by atomic mass is 14.2. The second-order valence-corrected chi connectivity index (χ2v) is 13.8. The summed E-state index contributed by atoms with van der Waals surface area (Å²) in [6, 6.07) is 34.8. The van der Waals surface area contributed by atoms with E-state index in [9.17, 15) is 0 Å². The first kappa shape index (κ1) is 34.0. The van der Waals surface area contributed by atoms with Gasteiger partial charge in [-0.25, -0.2) is 0 Å². The van der Waals surface area contributed by atoms with Crippen LogP contribution in [0.15, 0.2) is 192 Å². The largest absolute Gasteiger partial charge is 0.0808 e. The zero-order valence-electron chi connectivity index (χ0n) is 29.7. The molecule has 0 unspecified atom stereocenters. The lowest BCUT2D eigenvalue weighted by molar-refractivity contribution is 0.965. The van der Waals surface area contributed by atoms with E-state index in [1.165, 1.54) is 94.2 Å². The monoisotopic (exact) mass is 660 g/mol. The Morgan fingerprint density at radius 3 is 1.04 bits per heavy atom. The summed E-state index contributed by atoms with van der Waals surface area (Å²) in [6.45, 7) is 0. The van der Waals surface area contributed by atoms with Gasteiger partial charge in [-0.1, -0.05) is 193 Å². The van der Waals surface area contributed by atoms with Crippen LogP contribution in [0.5, 0.6) is 0 Å². The Morgan fingerprint density at radius 2 is 0.667 bits per heavy atom. The highest BCUT2D eigenvalue weighted by Gasteiger charge is 2.12. The number of hydrogen-bond donors (Lipinski definition) is 0. The molecule has 0 bridgehead atoms. The molecule has 0 amide bonds. The molecule has 0 atom stereocenters. The second kappa shape index (κ2) is 17.5. The fraction of sp³-hybridized carbons (Fsp3) is 0.176.